The van der Waals surface area contributed by atoms with E-state index in [9.17, 15) is 4.79 Å². The first-order chi connectivity index (χ1) is 9.10. The van der Waals surface area contributed by atoms with Gasteiger partial charge in [0.1, 0.15) is 0 Å². The second kappa shape index (κ2) is 6.18. The van der Waals surface area contributed by atoms with E-state index in [0.717, 1.165) is 45.1 Å². The van der Waals surface area contributed by atoms with E-state index in [4.69, 9.17) is 22.7 Å². The second-order valence-electron chi connectivity index (χ2n) is 5.73. The van der Waals surface area contributed by atoms with Gasteiger partial charge >= 0.3 is 0 Å². The van der Waals surface area contributed by atoms with Gasteiger partial charge in [0.25, 0.3) is 0 Å². The summed E-state index contributed by atoms with van der Waals surface area (Å²) in [6, 6.07) is 0. The Balaban J connectivity index is 1.91. The van der Waals surface area contributed by atoms with E-state index < -0.39 is 5.41 Å². The summed E-state index contributed by atoms with van der Waals surface area (Å²) in [6.07, 6.45) is 5.98. The number of nitrogens with two attached hydrogens (primary N) is 1. The molecule has 0 aromatic rings. The quantitative estimate of drug-likeness (QED) is 0.755. The van der Waals surface area contributed by atoms with Crippen molar-refractivity contribution in [3.63, 3.8) is 0 Å². The molecule has 0 spiro atoms. The van der Waals surface area contributed by atoms with E-state index in [1.54, 1.807) is 0 Å². The molecular weight excluding hydrogens is 260 g/mol. The number of hydrogen-bond acceptors (Lipinski definition) is 3. The zero-order valence-corrected chi connectivity index (χ0v) is 12.4. The van der Waals surface area contributed by atoms with Crippen molar-refractivity contribution in [1.29, 1.82) is 0 Å². The Bertz CT molecular complexity index is 353. The number of nitrogens with one attached hydrogen (secondary N) is 1. The average molecular weight is 284 g/mol. The third-order valence-electron chi connectivity index (χ3n) is 4.64. The van der Waals surface area contributed by atoms with Gasteiger partial charge in [0.05, 0.1) is 16.5 Å². The number of amides is 1. The van der Waals surface area contributed by atoms with Crippen LogP contribution < -0.4 is 11.1 Å². The second-order valence-corrected chi connectivity index (χ2v) is 6.17. The highest BCUT2D eigenvalue weighted by molar-refractivity contribution is 7.80. The smallest absolute Gasteiger partial charge is 0.233 e. The zero-order valence-electron chi connectivity index (χ0n) is 11.6. The van der Waals surface area contributed by atoms with Gasteiger partial charge in [0.2, 0.25) is 5.91 Å². The number of rotatable bonds is 5. The molecule has 1 saturated heterocycles. The number of carbonyl (C=O) groups is 1. The number of carbonyl (C=O) groups excluding carboxylic acids is 1. The van der Waals surface area contributed by atoms with Gasteiger partial charge in [-0.3, -0.25) is 4.79 Å². The Morgan fingerprint density at radius 3 is 2.74 bits per heavy atom. The van der Waals surface area contributed by atoms with Crippen LogP contribution in [0.2, 0.25) is 0 Å². The molecular formula is C14H24N2O2S. The van der Waals surface area contributed by atoms with Crippen LogP contribution in [-0.4, -0.2) is 30.2 Å². The standard InChI is InChI=1S/C14H24N2O2S/c1-2-11-10(5-8-18-11)9-16-13(17)14(12(15)19)6-3-4-7-14/h10-11H,2-9H2,1H3,(H2,15,19)(H,16,17). The first-order valence-electron chi connectivity index (χ1n) is 7.30. The van der Waals surface area contributed by atoms with Crippen molar-refractivity contribution in [3.05, 3.63) is 0 Å². The van der Waals surface area contributed by atoms with Crippen molar-refractivity contribution in [2.24, 2.45) is 17.1 Å². The summed E-state index contributed by atoms with van der Waals surface area (Å²) in [6.45, 7) is 3.61. The van der Waals surface area contributed by atoms with Crippen LogP contribution in [0.5, 0.6) is 0 Å². The summed E-state index contributed by atoms with van der Waals surface area (Å²) in [4.78, 5) is 12.8. The first kappa shape index (κ1) is 14.7. The van der Waals surface area contributed by atoms with Crippen molar-refractivity contribution in [3.8, 4) is 0 Å². The van der Waals surface area contributed by atoms with E-state index in [0.29, 0.717) is 17.5 Å². The molecule has 0 aromatic carbocycles. The van der Waals surface area contributed by atoms with Crippen LogP contribution in [0.3, 0.4) is 0 Å². The molecule has 0 radical (unpaired) electrons. The van der Waals surface area contributed by atoms with Gasteiger partial charge < -0.3 is 15.8 Å². The Morgan fingerprint density at radius 1 is 1.47 bits per heavy atom. The lowest BCUT2D eigenvalue weighted by Gasteiger charge is -2.27. The minimum absolute atomic E-state index is 0.0271. The highest BCUT2D eigenvalue weighted by Crippen LogP contribution is 2.38. The van der Waals surface area contributed by atoms with Gasteiger partial charge in [0, 0.05) is 19.1 Å². The van der Waals surface area contributed by atoms with E-state index >= 15 is 0 Å². The first-order valence-corrected chi connectivity index (χ1v) is 7.71. The highest BCUT2D eigenvalue weighted by atomic mass is 32.1. The van der Waals surface area contributed by atoms with Crippen molar-refractivity contribution >= 4 is 23.1 Å². The van der Waals surface area contributed by atoms with E-state index in [2.05, 4.69) is 12.2 Å². The van der Waals surface area contributed by atoms with Gasteiger partial charge in [0.15, 0.2) is 0 Å². The molecule has 1 amide bonds. The fourth-order valence-electron chi connectivity index (χ4n) is 3.33. The third-order valence-corrected chi connectivity index (χ3v) is 5.03. The van der Waals surface area contributed by atoms with Crippen molar-refractivity contribution < 1.29 is 9.53 Å². The van der Waals surface area contributed by atoms with Gasteiger partial charge in [-0.15, -0.1) is 0 Å². The molecule has 2 rings (SSSR count). The van der Waals surface area contributed by atoms with E-state index in [1.807, 2.05) is 0 Å². The Morgan fingerprint density at radius 2 is 2.16 bits per heavy atom. The molecule has 4 nitrogen and oxygen atoms in total. The predicted molar refractivity (Wildman–Crippen MR) is 78.8 cm³/mol. The highest BCUT2D eigenvalue weighted by Gasteiger charge is 2.44. The van der Waals surface area contributed by atoms with E-state index in [-0.39, 0.29) is 12.0 Å². The minimum Gasteiger partial charge on any atom is -0.392 e. The van der Waals surface area contributed by atoms with Crippen molar-refractivity contribution in [1.82, 2.24) is 5.32 Å². The van der Waals surface area contributed by atoms with Gasteiger partial charge in [-0.25, -0.2) is 0 Å². The lowest BCUT2D eigenvalue weighted by molar-refractivity contribution is -0.127. The van der Waals surface area contributed by atoms with Crippen LogP contribution in [0.1, 0.15) is 45.4 Å². The molecule has 1 aliphatic heterocycles. The fraction of sp³-hybridized carbons (Fsp3) is 0.857. The molecule has 0 bridgehead atoms. The van der Waals surface area contributed by atoms with Crippen LogP contribution in [0.25, 0.3) is 0 Å². The third kappa shape index (κ3) is 2.92. The lowest BCUT2D eigenvalue weighted by Crippen LogP contribution is -2.48. The molecule has 2 atom stereocenters. The molecule has 2 aliphatic rings. The number of ether oxygens (including phenoxy) is 1. The van der Waals surface area contributed by atoms with Gasteiger partial charge in [-0.1, -0.05) is 32.0 Å². The van der Waals surface area contributed by atoms with Crippen LogP contribution in [0.15, 0.2) is 0 Å². The van der Waals surface area contributed by atoms with Crippen LogP contribution in [0.4, 0.5) is 0 Å². The monoisotopic (exact) mass is 284 g/mol. The SMILES string of the molecule is CCC1OCCC1CNC(=O)C1(C(N)=S)CCCC1. The fourth-order valence-corrected chi connectivity index (χ4v) is 3.63. The molecule has 1 saturated carbocycles. The summed E-state index contributed by atoms with van der Waals surface area (Å²) in [5.74, 6) is 0.456. The molecule has 2 fully saturated rings. The van der Waals surface area contributed by atoms with Gasteiger partial charge in [-0.05, 0) is 25.7 Å². The minimum atomic E-state index is -0.587. The Labute approximate surface area is 120 Å². The maximum atomic E-state index is 12.4. The summed E-state index contributed by atoms with van der Waals surface area (Å²) >= 11 is 5.13. The van der Waals surface area contributed by atoms with Crippen LogP contribution >= 0.6 is 12.2 Å². The Kier molecular flexibility index (Phi) is 4.79. The number of thiocarbonyl (C=S) groups is 1. The van der Waals surface area contributed by atoms with Crippen LogP contribution in [0, 0.1) is 11.3 Å². The molecule has 3 N–H and O–H groups in total. The van der Waals surface area contributed by atoms with E-state index in [1.165, 1.54) is 0 Å². The predicted octanol–water partition coefficient (Wildman–Crippen LogP) is 1.76. The molecule has 1 heterocycles. The maximum absolute atomic E-state index is 12.4. The maximum Gasteiger partial charge on any atom is 0.233 e. The molecule has 108 valence electrons. The molecule has 19 heavy (non-hydrogen) atoms. The molecule has 2 unspecified atom stereocenters. The molecule has 5 heteroatoms. The summed E-state index contributed by atoms with van der Waals surface area (Å²) in [7, 11) is 0. The van der Waals surface area contributed by atoms with Gasteiger partial charge in [-0.2, -0.15) is 0 Å². The summed E-state index contributed by atoms with van der Waals surface area (Å²) in [5.41, 5.74) is 5.23. The summed E-state index contributed by atoms with van der Waals surface area (Å²) < 4.78 is 5.64. The Hall–Kier alpha value is -0.680. The van der Waals surface area contributed by atoms with Crippen LogP contribution in [-0.2, 0) is 9.53 Å². The molecule has 1 aliphatic carbocycles. The van der Waals surface area contributed by atoms with Crippen molar-refractivity contribution in [2.45, 2.75) is 51.6 Å². The lowest BCUT2D eigenvalue weighted by atomic mass is 9.84. The number of hydrogen-bond donors (Lipinski definition) is 2. The molecule has 0 aromatic heterocycles. The topological polar surface area (TPSA) is 64.3 Å². The average Bonchev–Trinajstić information content (AvgIpc) is 3.05. The van der Waals surface area contributed by atoms with Crippen molar-refractivity contribution in [2.75, 3.05) is 13.2 Å². The summed E-state index contributed by atoms with van der Waals surface area (Å²) in [5, 5.41) is 3.07. The largest absolute Gasteiger partial charge is 0.392 e. The normalized spacial score (nSPS) is 29.3. The zero-order chi connectivity index (χ0) is 13.9.